The number of rotatable bonds is 2. The van der Waals surface area contributed by atoms with E-state index in [1.54, 1.807) is 0 Å². The molecule has 0 spiro atoms. The molecule has 4 unspecified atom stereocenters. The molecule has 1 nitrogen and oxygen atoms in total. The maximum Gasteiger partial charge on any atom is 0.100 e. The molecular weight excluding hydrogens is 201 g/mol. The van der Waals surface area contributed by atoms with Crippen molar-refractivity contribution in [2.45, 2.75) is 64.6 Å². The Hall–Kier alpha value is -0.110. The van der Waals surface area contributed by atoms with Gasteiger partial charge in [0.2, 0.25) is 0 Å². The molecule has 2 heteroatoms. The van der Waals surface area contributed by atoms with Crippen LogP contribution in [0.1, 0.15) is 52.4 Å². The molecule has 2 fully saturated rings. The van der Waals surface area contributed by atoms with E-state index in [0.717, 1.165) is 37.8 Å². The first-order valence-corrected chi connectivity index (χ1v) is 7.03. The van der Waals surface area contributed by atoms with Gasteiger partial charge in [0.25, 0.3) is 0 Å². The lowest BCUT2D eigenvalue weighted by Gasteiger charge is -2.40. The van der Waals surface area contributed by atoms with Crippen LogP contribution in [0.4, 0.5) is 4.39 Å². The molecule has 0 amide bonds. The zero-order valence-corrected chi connectivity index (χ0v) is 10.8. The van der Waals surface area contributed by atoms with Crippen LogP contribution in [0, 0.1) is 11.8 Å². The quantitative estimate of drug-likeness (QED) is 0.696. The van der Waals surface area contributed by atoms with Crippen LogP contribution in [0.25, 0.3) is 0 Å². The van der Waals surface area contributed by atoms with E-state index in [2.05, 4.69) is 18.7 Å². The molecule has 0 bridgehead atoms. The van der Waals surface area contributed by atoms with Gasteiger partial charge in [0.1, 0.15) is 6.17 Å². The molecular formula is C14H26FN. The molecule has 2 aliphatic rings. The van der Waals surface area contributed by atoms with Crippen molar-refractivity contribution in [3.8, 4) is 0 Å². The molecule has 1 heterocycles. The summed E-state index contributed by atoms with van der Waals surface area (Å²) in [4.78, 5) is 2.61. The average molecular weight is 227 g/mol. The monoisotopic (exact) mass is 227 g/mol. The minimum atomic E-state index is -0.517. The second-order valence-corrected chi connectivity index (χ2v) is 6.12. The van der Waals surface area contributed by atoms with Gasteiger partial charge in [-0.2, -0.15) is 0 Å². The van der Waals surface area contributed by atoms with Gasteiger partial charge in [0.05, 0.1) is 0 Å². The molecule has 4 atom stereocenters. The highest BCUT2D eigenvalue weighted by Gasteiger charge is 2.28. The van der Waals surface area contributed by atoms with E-state index in [1.165, 1.54) is 25.8 Å². The first-order valence-electron chi connectivity index (χ1n) is 7.03. The van der Waals surface area contributed by atoms with E-state index in [9.17, 15) is 4.39 Å². The molecule has 1 saturated heterocycles. The maximum absolute atomic E-state index is 13.3. The molecule has 0 radical (unpaired) electrons. The normalized spacial score (nSPS) is 42.2. The number of nitrogens with zero attached hydrogens (tertiary/aromatic N) is 1. The van der Waals surface area contributed by atoms with Crippen LogP contribution < -0.4 is 0 Å². The van der Waals surface area contributed by atoms with Gasteiger partial charge in [-0.1, -0.05) is 13.3 Å². The number of halogens is 1. The SMILES string of the molecule is CC1CCC(C)N(CC2CCCC(F)C2)C1. The van der Waals surface area contributed by atoms with E-state index in [4.69, 9.17) is 0 Å². The van der Waals surface area contributed by atoms with E-state index in [0.29, 0.717) is 5.92 Å². The Morgan fingerprint density at radius 1 is 1.12 bits per heavy atom. The van der Waals surface area contributed by atoms with Gasteiger partial charge in [-0.15, -0.1) is 0 Å². The molecule has 0 aromatic rings. The van der Waals surface area contributed by atoms with Crippen molar-refractivity contribution in [1.82, 2.24) is 4.90 Å². The zero-order chi connectivity index (χ0) is 11.5. The highest BCUT2D eigenvalue weighted by molar-refractivity contribution is 4.81. The summed E-state index contributed by atoms with van der Waals surface area (Å²) in [7, 11) is 0. The molecule has 0 aromatic carbocycles. The fourth-order valence-corrected chi connectivity index (χ4v) is 3.36. The zero-order valence-electron chi connectivity index (χ0n) is 10.8. The van der Waals surface area contributed by atoms with Crippen LogP contribution in [0.15, 0.2) is 0 Å². The summed E-state index contributed by atoms with van der Waals surface area (Å²) in [5.41, 5.74) is 0. The largest absolute Gasteiger partial charge is 0.300 e. The Balaban J connectivity index is 1.82. The molecule has 16 heavy (non-hydrogen) atoms. The summed E-state index contributed by atoms with van der Waals surface area (Å²) in [5.74, 6) is 1.46. The van der Waals surface area contributed by atoms with Crippen molar-refractivity contribution in [3.63, 3.8) is 0 Å². The Labute approximate surface area is 99.4 Å². The lowest BCUT2D eigenvalue weighted by molar-refractivity contribution is 0.0814. The summed E-state index contributed by atoms with van der Waals surface area (Å²) < 4.78 is 13.3. The van der Waals surface area contributed by atoms with Crippen LogP contribution in [0.5, 0.6) is 0 Å². The number of piperidine rings is 1. The Kier molecular flexibility index (Phi) is 4.23. The number of likely N-dealkylation sites (tertiary alicyclic amines) is 1. The summed E-state index contributed by atoms with van der Waals surface area (Å²) in [6.45, 7) is 7.06. The molecule has 0 N–H and O–H groups in total. The van der Waals surface area contributed by atoms with Crippen LogP contribution in [0.2, 0.25) is 0 Å². The minimum absolute atomic E-state index is 0.517. The van der Waals surface area contributed by atoms with Crippen LogP contribution >= 0.6 is 0 Å². The van der Waals surface area contributed by atoms with Crippen LogP contribution in [-0.4, -0.2) is 30.2 Å². The maximum atomic E-state index is 13.3. The number of hydrogen-bond donors (Lipinski definition) is 0. The van der Waals surface area contributed by atoms with Crippen molar-refractivity contribution in [2.24, 2.45) is 11.8 Å². The minimum Gasteiger partial charge on any atom is -0.300 e. The van der Waals surface area contributed by atoms with Crippen LogP contribution in [-0.2, 0) is 0 Å². The predicted molar refractivity (Wildman–Crippen MR) is 66.3 cm³/mol. The van der Waals surface area contributed by atoms with Gasteiger partial charge in [-0.05, 0) is 50.9 Å². The number of hydrogen-bond acceptors (Lipinski definition) is 1. The molecule has 2 rings (SSSR count). The van der Waals surface area contributed by atoms with E-state index < -0.39 is 6.17 Å². The van der Waals surface area contributed by atoms with E-state index in [1.807, 2.05) is 0 Å². The first kappa shape index (κ1) is 12.3. The van der Waals surface area contributed by atoms with Gasteiger partial charge >= 0.3 is 0 Å². The van der Waals surface area contributed by atoms with Crippen molar-refractivity contribution >= 4 is 0 Å². The fraction of sp³-hybridized carbons (Fsp3) is 1.00. The average Bonchev–Trinajstić information content (AvgIpc) is 2.24. The molecule has 0 aromatic heterocycles. The highest BCUT2D eigenvalue weighted by Crippen LogP contribution is 2.29. The fourth-order valence-electron chi connectivity index (χ4n) is 3.36. The molecule has 1 saturated carbocycles. The van der Waals surface area contributed by atoms with Gasteiger partial charge in [0, 0.05) is 19.1 Å². The van der Waals surface area contributed by atoms with Crippen molar-refractivity contribution in [3.05, 3.63) is 0 Å². The second kappa shape index (κ2) is 5.48. The lowest BCUT2D eigenvalue weighted by atomic mass is 9.86. The van der Waals surface area contributed by atoms with Crippen molar-refractivity contribution in [1.29, 1.82) is 0 Å². The van der Waals surface area contributed by atoms with E-state index in [-0.39, 0.29) is 0 Å². The first-order chi connectivity index (χ1) is 7.65. The molecule has 94 valence electrons. The van der Waals surface area contributed by atoms with Gasteiger partial charge in [-0.3, -0.25) is 0 Å². The third kappa shape index (κ3) is 3.19. The summed E-state index contributed by atoms with van der Waals surface area (Å²) >= 11 is 0. The van der Waals surface area contributed by atoms with Gasteiger partial charge in [0.15, 0.2) is 0 Å². The second-order valence-electron chi connectivity index (χ2n) is 6.12. The van der Waals surface area contributed by atoms with E-state index >= 15 is 0 Å². The van der Waals surface area contributed by atoms with Crippen molar-refractivity contribution < 1.29 is 4.39 Å². The van der Waals surface area contributed by atoms with Crippen LogP contribution in [0.3, 0.4) is 0 Å². The summed E-state index contributed by atoms with van der Waals surface area (Å²) in [6.07, 6.45) is 6.15. The smallest absolute Gasteiger partial charge is 0.100 e. The molecule has 1 aliphatic heterocycles. The standard InChI is InChI=1S/C14H26FN/c1-11-6-7-12(2)16(9-11)10-13-4-3-5-14(15)8-13/h11-14H,3-10H2,1-2H3. The lowest BCUT2D eigenvalue weighted by Crippen LogP contribution is -2.44. The number of alkyl halides is 1. The Morgan fingerprint density at radius 3 is 2.69 bits per heavy atom. The third-order valence-corrected chi connectivity index (χ3v) is 4.46. The Bertz CT molecular complexity index is 219. The summed E-state index contributed by atoms with van der Waals surface area (Å²) in [5, 5.41) is 0. The topological polar surface area (TPSA) is 3.24 Å². The third-order valence-electron chi connectivity index (χ3n) is 4.46. The van der Waals surface area contributed by atoms with Gasteiger partial charge < -0.3 is 4.90 Å². The van der Waals surface area contributed by atoms with Crippen molar-refractivity contribution in [2.75, 3.05) is 13.1 Å². The predicted octanol–water partition coefficient (Wildman–Crippen LogP) is 3.64. The van der Waals surface area contributed by atoms with Gasteiger partial charge in [-0.25, -0.2) is 4.39 Å². The molecule has 1 aliphatic carbocycles. The summed E-state index contributed by atoms with van der Waals surface area (Å²) in [6, 6.07) is 0.719. The Morgan fingerprint density at radius 2 is 1.94 bits per heavy atom. The highest BCUT2D eigenvalue weighted by atomic mass is 19.1.